The van der Waals surface area contributed by atoms with Crippen molar-refractivity contribution in [1.29, 1.82) is 0 Å². The number of rotatable bonds is 6. The lowest BCUT2D eigenvalue weighted by Gasteiger charge is -2.62. The average molecular weight is 437 g/mol. The van der Waals surface area contributed by atoms with Crippen LogP contribution < -0.4 is 0 Å². The van der Waals surface area contributed by atoms with Crippen LogP contribution in [-0.2, 0) is 0 Å². The molecule has 0 saturated heterocycles. The van der Waals surface area contributed by atoms with Gasteiger partial charge in [-0.05, 0) is 111 Å². The second-order valence-electron chi connectivity index (χ2n) is 12.7. The van der Waals surface area contributed by atoms with Gasteiger partial charge in [-0.2, -0.15) is 0 Å². The van der Waals surface area contributed by atoms with Gasteiger partial charge in [0.25, 0.3) is 0 Å². The van der Waals surface area contributed by atoms with E-state index in [1.807, 2.05) is 6.92 Å². The monoisotopic (exact) mass is 436 g/mol. The Kier molecular flexibility index (Phi) is 6.88. The summed E-state index contributed by atoms with van der Waals surface area (Å²) in [6.07, 6.45) is 9.81. The van der Waals surface area contributed by atoms with Crippen LogP contribution in [0.5, 0.6) is 0 Å². The smallest absolute Gasteiger partial charge is 0.0587 e. The van der Waals surface area contributed by atoms with E-state index >= 15 is 0 Å². The van der Waals surface area contributed by atoms with Gasteiger partial charge >= 0.3 is 0 Å². The van der Waals surface area contributed by atoms with Crippen molar-refractivity contribution >= 4 is 0 Å². The Labute approximate surface area is 189 Å². The van der Waals surface area contributed by atoms with Gasteiger partial charge in [0.05, 0.1) is 18.3 Å². The summed E-state index contributed by atoms with van der Waals surface area (Å²) in [7, 11) is 0. The predicted molar refractivity (Wildman–Crippen MR) is 123 cm³/mol. The van der Waals surface area contributed by atoms with Crippen molar-refractivity contribution in [1.82, 2.24) is 0 Å². The summed E-state index contributed by atoms with van der Waals surface area (Å²) in [5.41, 5.74) is 0.588. The molecule has 4 fully saturated rings. The van der Waals surface area contributed by atoms with Crippen molar-refractivity contribution in [3.63, 3.8) is 0 Å². The molecule has 0 aliphatic heterocycles. The van der Waals surface area contributed by atoms with Crippen LogP contribution in [-0.4, -0.2) is 45.3 Å². The number of fused-ring (bicyclic) bond motifs is 5. The normalized spacial score (nSPS) is 50.1. The van der Waals surface area contributed by atoms with Crippen LogP contribution in [0.4, 0.5) is 0 Å². The first-order chi connectivity index (χ1) is 14.6. The quantitative estimate of drug-likeness (QED) is 0.498. The van der Waals surface area contributed by atoms with Crippen LogP contribution >= 0.6 is 0 Å². The summed E-state index contributed by atoms with van der Waals surface area (Å²) in [5, 5.41) is 41.3. The highest BCUT2D eigenvalue weighted by Crippen LogP contribution is 2.68. The molecule has 4 rings (SSSR count). The maximum absolute atomic E-state index is 11.4. The first-order valence-electron chi connectivity index (χ1n) is 13.3. The van der Waals surface area contributed by atoms with E-state index in [0.29, 0.717) is 46.3 Å². The molecule has 4 saturated carbocycles. The Bertz CT molecular complexity index is 624. The van der Waals surface area contributed by atoms with E-state index in [-0.39, 0.29) is 24.7 Å². The molecule has 12 atom stereocenters. The third kappa shape index (κ3) is 4.02. The Balaban J connectivity index is 1.48. The molecular weight excluding hydrogens is 388 g/mol. The van der Waals surface area contributed by atoms with Gasteiger partial charge in [0.15, 0.2) is 0 Å². The number of aliphatic hydroxyl groups is 4. The Morgan fingerprint density at radius 3 is 2.26 bits per heavy atom. The van der Waals surface area contributed by atoms with Crippen molar-refractivity contribution in [3.8, 4) is 0 Å². The van der Waals surface area contributed by atoms with Gasteiger partial charge in [-0.15, -0.1) is 0 Å². The number of aliphatic hydroxyl groups excluding tert-OH is 4. The SMILES string of the molecule is C[C@H](CO)C(O)CC[C@@H](C)[C@H]1CC[C@H]2[C@@H]3[C@H](O)C[C@H]4C[C@H](O)CC[C@]4(C)[C@H]3CC[C@]12C. The minimum atomic E-state index is -0.410. The van der Waals surface area contributed by atoms with Gasteiger partial charge in [-0.3, -0.25) is 0 Å². The molecule has 4 heteroatoms. The maximum atomic E-state index is 11.4. The molecule has 0 amide bonds. The second kappa shape index (κ2) is 8.89. The molecule has 0 radical (unpaired) electrons. The minimum absolute atomic E-state index is 0.0466. The first kappa shape index (κ1) is 24.0. The third-order valence-corrected chi connectivity index (χ3v) is 11.3. The maximum Gasteiger partial charge on any atom is 0.0587 e. The zero-order valence-corrected chi connectivity index (χ0v) is 20.3. The van der Waals surface area contributed by atoms with Crippen LogP contribution in [0.1, 0.15) is 91.9 Å². The van der Waals surface area contributed by atoms with Crippen LogP contribution in [0, 0.1) is 52.3 Å². The fourth-order valence-electron chi connectivity index (χ4n) is 9.22. The topological polar surface area (TPSA) is 80.9 Å². The molecule has 1 unspecified atom stereocenters. The van der Waals surface area contributed by atoms with Gasteiger partial charge < -0.3 is 20.4 Å². The summed E-state index contributed by atoms with van der Waals surface area (Å²) in [6, 6.07) is 0. The zero-order chi connectivity index (χ0) is 22.6. The molecule has 180 valence electrons. The van der Waals surface area contributed by atoms with Gasteiger partial charge in [0, 0.05) is 12.5 Å². The largest absolute Gasteiger partial charge is 0.396 e. The van der Waals surface area contributed by atoms with E-state index in [9.17, 15) is 20.4 Å². The van der Waals surface area contributed by atoms with Gasteiger partial charge in [-0.25, -0.2) is 0 Å². The third-order valence-electron chi connectivity index (χ3n) is 11.3. The van der Waals surface area contributed by atoms with Crippen LogP contribution in [0.2, 0.25) is 0 Å². The van der Waals surface area contributed by atoms with Crippen LogP contribution in [0.3, 0.4) is 0 Å². The Morgan fingerprint density at radius 1 is 0.871 bits per heavy atom. The Hall–Kier alpha value is -0.160. The summed E-state index contributed by atoms with van der Waals surface area (Å²) in [4.78, 5) is 0. The summed E-state index contributed by atoms with van der Waals surface area (Å²) in [5.74, 6) is 3.31. The van der Waals surface area contributed by atoms with Gasteiger partial charge in [0.2, 0.25) is 0 Å². The van der Waals surface area contributed by atoms with E-state index < -0.39 is 6.10 Å². The summed E-state index contributed by atoms with van der Waals surface area (Å²) < 4.78 is 0. The van der Waals surface area contributed by atoms with Crippen molar-refractivity contribution in [2.45, 2.75) is 110 Å². The van der Waals surface area contributed by atoms with Crippen molar-refractivity contribution in [2.24, 2.45) is 52.3 Å². The highest BCUT2D eigenvalue weighted by Gasteiger charge is 2.62. The van der Waals surface area contributed by atoms with E-state index in [0.717, 1.165) is 38.5 Å². The molecule has 31 heavy (non-hydrogen) atoms. The van der Waals surface area contributed by atoms with E-state index in [1.54, 1.807) is 0 Å². The summed E-state index contributed by atoms with van der Waals surface area (Å²) in [6.45, 7) is 9.34. The molecule has 0 aromatic rings. The molecule has 4 nitrogen and oxygen atoms in total. The zero-order valence-electron chi connectivity index (χ0n) is 20.3. The molecule has 0 aromatic carbocycles. The Morgan fingerprint density at radius 2 is 1.55 bits per heavy atom. The van der Waals surface area contributed by atoms with E-state index in [2.05, 4.69) is 20.8 Å². The number of hydrogen-bond acceptors (Lipinski definition) is 4. The summed E-state index contributed by atoms with van der Waals surface area (Å²) >= 11 is 0. The highest BCUT2D eigenvalue weighted by atomic mass is 16.3. The van der Waals surface area contributed by atoms with Crippen molar-refractivity contribution < 1.29 is 20.4 Å². The van der Waals surface area contributed by atoms with Crippen LogP contribution in [0.15, 0.2) is 0 Å². The fourth-order valence-corrected chi connectivity index (χ4v) is 9.22. The molecule has 0 bridgehead atoms. The predicted octanol–water partition coefficient (Wildman–Crippen LogP) is 4.38. The van der Waals surface area contributed by atoms with Crippen molar-refractivity contribution in [2.75, 3.05) is 6.61 Å². The highest BCUT2D eigenvalue weighted by molar-refractivity contribution is 5.11. The minimum Gasteiger partial charge on any atom is -0.396 e. The van der Waals surface area contributed by atoms with Gasteiger partial charge in [-0.1, -0.05) is 27.7 Å². The molecular formula is C27H48O4. The molecule has 0 aromatic heterocycles. The molecule has 4 N–H and O–H groups in total. The molecule has 0 spiro atoms. The average Bonchev–Trinajstić information content (AvgIpc) is 3.09. The standard InChI is InChI=1S/C27H48O4/c1-16(5-8-23(30)17(2)15-28)20-6-7-21-25-22(10-12-27(20,21)4)26(3)11-9-19(29)13-18(26)14-24(25)31/h16-25,28-31H,5-15H2,1-4H3/t16-,17-,18-,19-,20-,21+,22+,23?,24-,25+,26+,27-/m1/s1. The molecule has 0 heterocycles. The first-order valence-corrected chi connectivity index (χ1v) is 13.3. The number of hydrogen-bond donors (Lipinski definition) is 4. The van der Waals surface area contributed by atoms with E-state index in [4.69, 9.17) is 0 Å². The fraction of sp³-hybridized carbons (Fsp3) is 1.00. The lowest BCUT2D eigenvalue weighted by atomic mass is 9.43. The lowest BCUT2D eigenvalue weighted by molar-refractivity contribution is -0.174. The second-order valence-corrected chi connectivity index (χ2v) is 12.7. The van der Waals surface area contributed by atoms with Gasteiger partial charge in [0.1, 0.15) is 0 Å². The van der Waals surface area contributed by atoms with Crippen molar-refractivity contribution in [3.05, 3.63) is 0 Å². The molecule has 4 aliphatic rings. The molecule has 4 aliphatic carbocycles. The van der Waals surface area contributed by atoms with Crippen LogP contribution in [0.25, 0.3) is 0 Å². The lowest BCUT2D eigenvalue weighted by Crippen LogP contribution is -2.58. The van der Waals surface area contributed by atoms with E-state index in [1.165, 1.54) is 25.7 Å².